The Hall–Kier alpha value is -3.32. The quantitative estimate of drug-likeness (QED) is 0.631. The Kier molecular flexibility index (Phi) is 5.61. The van der Waals surface area contributed by atoms with Crippen molar-refractivity contribution in [3.05, 3.63) is 64.3 Å². The minimum atomic E-state index is -1.32. The molecule has 1 heterocycles. The lowest BCUT2D eigenvalue weighted by atomic mass is 9.93. The van der Waals surface area contributed by atoms with E-state index in [-0.39, 0.29) is 11.5 Å². The molecule has 0 aliphatic rings. The zero-order valence-electron chi connectivity index (χ0n) is 15.7. The Morgan fingerprint density at radius 3 is 2.31 bits per heavy atom. The van der Waals surface area contributed by atoms with Gasteiger partial charge in [-0.25, -0.2) is 0 Å². The number of carbonyl (C=O) groups excluding carboxylic acids is 1. The molecule has 1 aromatic heterocycles. The maximum Gasteiger partial charge on any atom is 0.311 e. The molecule has 0 fully saturated rings. The fourth-order valence-electron chi connectivity index (χ4n) is 3.46. The van der Waals surface area contributed by atoms with Crippen LogP contribution in [0, 0.1) is 6.92 Å². The van der Waals surface area contributed by atoms with Gasteiger partial charge in [-0.1, -0.05) is 11.6 Å². The first-order valence-electron chi connectivity index (χ1n) is 8.68. The highest BCUT2D eigenvalue weighted by atomic mass is 35.5. The van der Waals surface area contributed by atoms with Gasteiger partial charge in [0, 0.05) is 21.7 Å². The van der Waals surface area contributed by atoms with Crippen LogP contribution in [-0.4, -0.2) is 39.7 Å². The smallest absolute Gasteiger partial charge is 0.311 e. The summed E-state index contributed by atoms with van der Waals surface area (Å²) in [6.45, 7) is 1.60. The van der Waals surface area contributed by atoms with E-state index in [1.54, 1.807) is 49.4 Å². The number of aliphatic carboxylic acids is 2. The lowest BCUT2D eigenvalue weighted by molar-refractivity contribution is -0.145. The van der Waals surface area contributed by atoms with Crippen LogP contribution in [0.2, 0.25) is 5.02 Å². The van der Waals surface area contributed by atoms with E-state index >= 15 is 0 Å². The van der Waals surface area contributed by atoms with Crippen LogP contribution in [-0.2, 0) is 9.59 Å². The lowest BCUT2D eigenvalue weighted by Crippen LogP contribution is -2.18. The van der Waals surface area contributed by atoms with Gasteiger partial charge in [-0.3, -0.25) is 19.0 Å². The maximum absolute atomic E-state index is 13.2. The number of ether oxygens (including phenoxy) is 1. The number of carboxylic acid groups (broad SMARTS) is 2. The van der Waals surface area contributed by atoms with Crippen LogP contribution in [0.1, 0.15) is 34.0 Å². The standard InChI is InChI=1S/C21H18ClNO6/c1-11-19(16(21(27)28)10-18(24)25)15-9-14(29-2)7-8-17(15)23(11)20(26)12-3-5-13(22)6-4-12/h3-9,16H,10H2,1-2H3,(H,24,25)(H,27,28). The van der Waals surface area contributed by atoms with Crippen molar-refractivity contribution in [3.8, 4) is 5.75 Å². The van der Waals surface area contributed by atoms with Crippen LogP contribution in [0.25, 0.3) is 10.9 Å². The molecular weight excluding hydrogens is 398 g/mol. The summed E-state index contributed by atoms with van der Waals surface area (Å²) in [4.78, 5) is 36.3. The van der Waals surface area contributed by atoms with Crippen molar-refractivity contribution >= 4 is 40.3 Å². The minimum Gasteiger partial charge on any atom is -0.497 e. The second-order valence-corrected chi connectivity index (χ2v) is 6.95. The van der Waals surface area contributed by atoms with Crippen LogP contribution in [0.15, 0.2) is 42.5 Å². The highest BCUT2D eigenvalue weighted by Gasteiger charge is 2.31. The van der Waals surface area contributed by atoms with E-state index in [1.165, 1.54) is 11.7 Å². The third kappa shape index (κ3) is 3.82. The Labute approximate surface area is 171 Å². The lowest BCUT2D eigenvalue weighted by Gasteiger charge is -2.12. The molecule has 0 saturated heterocycles. The summed E-state index contributed by atoms with van der Waals surface area (Å²) >= 11 is 5.90. The van der Waals surface area contributed by atoms with Crippen molar-refractivity contribution in [1.29, 1.82) is 0 Å². The highest BCUT2D eigenvalue weighted by molar-refractivity contribution is 6.30. The average Bonchev–Trinajstić information content (AvgIpc) is 2.96. The molecule has 2 N–H and O–H groups in total. The number of methoxy groups -OCH3 is 1. The summed E-state index contributed by atoms with van der Waals surface area (Å²) in [6.07, 6.45) is -0.609. The van der Waals surface area contributed by atoms with Crippen LogP contribution in [0.5, 0.6) is 5.75 Å². The zero-order valence-corrected chi connectivity index (χ0v) is 16.4. The summed E-state index contributed by atoms with van der Waals surface area (Å²) in [7, 11) is 1.47. The topological polar surface area (TPSA) is 106 Å². The van der Waals surface area contributed by atoms with Gasteiger partial charge in [0.2, 0.25) is 0 Å². The number of rotatable bonds is 6. The molecule has 0 radical (unpaired) electrons. The molecule has 0 spiro atoms. The van der Waals surface area contributed by atoms with Crippen molar-refractivity contribution in [2.75, 3.05) is 7.11 Å². The molecule has 1 atom stereocenters. The Balaban J connectivity index is 2.30. The van der Waals surface area contributed by atoms with E-state index in [4.69, 9.17) is 16.3 Å². The summed E-state index contributed by atoms with van der Waals surface area (Å²) in [5, 5.41) is 19.8. The minimum absolute atomic E-state index is 0.274. The largest absolute Gasteiger partial charge is 0.497 e. The SMILES string of the molecule is COc1ccc2c(c1)c(C(CC(=O)O)C(=O)O)c(C)n2C(=O)c1ccc(Cl)cc1. The number of fused-ring (bicyclic) bond motifs is 1. The van der Waals surface area contributed by atoms with Gasteiger partial charge in [-0.05, 0) is 55.0 Å². The van der Waals surface area contributed by atoms with Gasteiger partial charge in [0.1, 0.15) is 5.75 Å². The summed E-state index contributed by atoms with van der Waals surface area (Å²) < 4.78 is 6.63. The third-order valence-electron chi connectivity index (χ3n) is 4.78. The molecule has 29 heavy (non-hydrogen) atoms. The monoisotopic (exact) mass is 415 g/mol. The molecule has 0 aliphatic carbocycles. The number of benzene rings is 2. The van der Waals surface area contributed by atoms with Crippen molar-refractivity contribution in [1.82, 2.24) is 4.57 Å². The second-order valence-electron chi connectivity index (χ2n) is 6.52. The third-order valence-corrected chi connectivity index (χ3v) is 5.03. The first kappa shape index (κ1) is 20.4. The number of aromatic nitrogens is 1. The zero-order chi connectivity index (χ0) is 21.3. The van der Waals surface area contributed by atoms with E-state index in [1.807, 2.05) is 0 Å². The van der Waals surface area contributed by atoms with Gasteiger partial charge >= 0.3 is 11.9 Å². The van der Waals surface area contributed by atoms with E-state index in [2.05, 4.69) is 0 Å². The fourth-order valence-corrected chi connectivity index (χ4v) is 3.59. The Bertz CT molecular complexity index is 1120. The molecule has 3 rings (SSSR count). The summed E-state index contributed by atoms with van der Waals surface area (Å²) in [5.41, 5.74) is 1.47. The van der Waals surface area contributed by atoms with Gasteiger partial charge in [-0.2, -0.15) is 0 Å². The molecule has 0 aliphatic heterocycles. The number of carboxylic acids is 2. The van der Waals surface area contributed by atoms with E-state index in [0.29, 0.717) is 32.9 Å². The van der Waals surface area contributed by atoms with Gasteiger partial charge in [0.05, 0.1) is 25.0 Å². The number of nitrogens with zero attached hydrogens (tertiary/aromatic N) is 1. The fraction of sp³-hybridized carbons (Fsp3) is 0.190. The predicted molar refractivity (Wildman–Crippen MR) is 107 cm³/mol. The number of hydrogen-bond acceptors (Lipinski definition) is 4. The number of halogens is 1. The normalized spacial score (nSPS) is 12.0. The number of carbonyl (C=O) groups is 3. The molecule has 1 unspecified atom stereocenters. The van der Waals surface area contributed by atoms with E-state index < -0.39 is 24.3 Å². The van der Waals surface area contributed by atoms with Crippen molar-refractivity contribution in [3.63, 3.8) is 0 Å². The second kappa shape index (κ2) is 7.97. The Morgan fingerprint density at radius 1 is 1.10 bits per heavy atom. The van der Waals surface area contributed by atoms with Crippen molar-refractivity contribution in [2.45, 2.75) is 19.3 Å². The molecule has 150 valence electrons. The van der Waals surface area contributed by atoms with Crippen LogP contribution < -0.4 is 4.74 Å². The van der Waals surface area contributed by atoms with Crippen molar-refractivity contribution < 1.29 is 29.3 Å². The van der Waals surface area contributed by atoms with Crippen LogP contribution in [0.4, 0.5) is 0 Å². The Morgan fingerprint density at radius 2 is 1.76 bits per heavy atom. The molecule has 7 nitrogen and oxygen atoms in total. The number of hydrogen-bond donors (Lipinski definition) is 2. The summed E-state index contributed by atoms with van der Waals surface area (Å²) in [6, 6.07) is 11.2. The van der Waals surface area contributed by atoms with Crippen molar-refractivity contribution in [2.24, 2.45) is 0 Å². The molecule has 8 heteroatoms. The molecule has 0 amide bonds. The highest BCUT2D eigenvalue weighted by Crippen LogP contribution is 2.36. The average molecular weight is 416 g/mol. The molecule has 3 aromatic rings. The van der Waals surface area contributed by atoms with Crippen LogP contribution in [0.3, 0.4) is 0 Å². The van der Waals surface area contributed by atoms with Gasteiger partial charge < -0.3 is 14.9 Å². The first-order chi connectivity index (χ1) is 13.7. The maximum atomic E-state index is 13.2. The van der Waals surface area contributed by atoms with E-state index in [0.717, 1.165) is 0 Å². The molecule has 0 saturated carbocycles. The summed E-state index contributed by atoms with van der Waals surface area (Å²) in [5.74, 6) is -3.75. The van der Waals surface area contributed by atoms with Crippen LogP contribution >= 0.6 is 11.6 Å². The van der Waals surface area contributed by atoms with Gasteiger partial charge in [0.15, 0.2) is 0 Å². The first-order valence-corrected chi connectivity index (χ1v) is 9.06. The predicted octanol–water partition coefficient (Wildman–Crippen LogP) is 3.94. The van der Waals surface area contributed by atoms with Gasteiger partial charge in [-0.15, -0.1) is 0 Å². The molecular formula is C21H18ClNO6. The van der Waals surface area contributed by atoms with Gasteiger partial charge in [0.25, 0.3) is 5.91 Å². The van der Waals surface area contributed by atoms with E-state index in [9.17, 15) is 24.6 Å². The molecule has 0 bridgehead atoms. The molecule has 2 aromatic carbocycles.